The molecule has 0 unspecified atom stereocenters. The van der Waals surface area contributed by atoms with E-state index in [4.69, 9.17) is 4.74 Å². The molecule has 12 heavy (non-hydrogen) atoms. The maximum absolute atomic E-state index is 9.27. The molecule has 0 radical (unpaired) electrons. The van der Waals surface area contributed by atoms with Crippen LogP contribution in [0.15, 0.2) is 24.3 Å². The molecule has 2 nitrogen and oxygen atoms in total. The van der Waals surface area contributed by atoms with E-state index in [0.717, 1.165) is 11.3 Å². The van der Waals surface area contributed by atoms with Gasteiger partial charge in [0.15, 0.2) is 0 Å². The van der Waals surface area contributed by atoms with E-state index in [1.54, 1.807) is 6.92 Å². The van der Waals surface area contributed by atoms with Gasteiger partial charge in [0.05, 0.1) is 13.5 Å². The Kier molecular flexibility index (Phi) is 2.86. The Labute approximate surface area is 72.2 Å². The Hall–Kier alpha value is -1.31. The first-order valence-corrected chi connectivity index (χ1v) is 4.00. The third kappa shape index (κ3) is 1.84. The molecule has 0 heterocycles. The molecule has 0 saturated carbocycles. The third-order valence-corrected chi connectivity index (χ3v) is 1.58. The second-order valence-corrected chi connectivity index (χ2v) is 2.51. The molecule has 64 valence electrons. The van der Waals surface area contributed by atoms with Crippen molar-refractivity contribution in [2.24, 2.45) is 0 Å². The van der Waals surface area contributed by atoms with Crippen LogP contribution in [-0.2, 0) is 0 Å². The predicted molar refractivity (Wildman–Crippen MR) is 49.3 cm³/mol. The third-order valence-electron chi connectivity index (χ3n) is 1.58. The van der Waals surface area contributed by atoms with Crippen LogP contribution in [0.2, 0.25) is 0 Å². The SMILES string of the molecule is CCOc1ccccc1C(C)=[OH+]. The van der Waals surface area contributed by atoms with E-state index in [2.05, 4.69) is 0 Å². The number of ketones is 1. The lowest BCUT2D eigenvalue weighted by Crippen LogP contribution is -2.00. The largest absolute Gasteiger partial charge is 0.493 e. The molecule has 0 amide bonds. The summed E-state index contributed by atoms with van der Waals surface area (Å²) >= 11 is 0. The molecule has 0 aliphatic heterocycles. The summed E-state index contributed by atoms with van der Waals surface area (Å²) < 4.78 is 5.32. The van der Waals surface area contributed by atoms with E-state index < -0.39 is 0 Å². The van der Waals surface area contributed by atoms with E-state index in [-0.39, 0.29) is 0 Å². The van der Waals surface area contributed by atoms with Gasteiger partial charge in [-0.25, -0.2) is 0 Å². The van der Waals surface area contributed by atoms with Crippen LogP contribution in [-0.4, -0.2) is 17.2 Å². The first-order valence-electron chi connectivity index (χ1n) is 4.00. The molecule has 0 aliphatic carbocycles. The second-order valence-electron chi connectivity index (χ2n) is 2.51. The Morgan fingerprint density at radius 3 is 2.67 bits per heavy atom. The van der Waals surface area contributed by atoms with Crippen molar-refractivity contribution < 1.29 is 9.53 Å². The molecule has 0 aliphatic rings. The highest BCUT2D eigenvalue weighted by Crippen LogP contribution is 2.17. The van der Waals surface area contributed by atoms with Crippen LogP contribution in [0.3, 0.4) is 0 Å². The molecule has 1 aromatic carbocycles. The number of carbonyl (C=O) groups excluding carboxylic acids is 1. The Morgan fingerprint density at radius 1 is 1.42 bits per heavy atom. The van der Waals surface area contributed by atoms with Crippen LogP contribution in [0.25, 0.3) is 0 Å². The van der Waals surface area contributed by atoms with Crippen molar-refractivity contribution >= 4 is 5.78 Å². The molecular formula is C10H13O2+. The van der Waals surface area contributed by atoms with Gasteiger partial charge < -0.3 is 4.74 Å². The first kappa shape index (κ1) is 8.78. The Bertz CT molecular complexity index is 279. The summed E-state index contributed by atoms with van der Waals surface area (Å²) in [6.45, 7) is 4.19. The van der Waals surface area contributed by atoms with Gasteiger partial charge in [-0.3, -0.25) is 4.79 Å². The summed E-state index contributed by atoms with van der Waals surface area (Å²) in [5, 5.41) is 0. The quantitative estimate of drug-likeness (QED) is 0.497. The Balaban J connectivity index is 3.00. The highest BCUT2D eigenvalue weighted by atomic mass is 16.5. The highest BCUT2D eigenvalue weighted by molar-refractivity contribution is 5.97. The van der Waals surface area contributed by atoms with Gasteiger partial charge in [-0.2, -0.15) is 0 Å². The highest BCUT2D eigenvalue weighted by Gasteiger charge is 2.10. The molecule has 0 saturated heterocycles. The minimum absolute atomic E-state index is 0.291. The Morgan fingerprint density at radius 2 is 2.08 bits per heavy atom. The van der Waals surface area contributed by atoms with Gasteiger partial charge in [0, 0.05) is 0 Å². The van der Waals surface area contributed by atoms with E-state index in [1.165, 1.54) is 0 Å². The maximum Gasteiger partial charge on any atom is 0.324 e. The van der Waals surface area contributed by atoms with Crippen molar-refractivity contribution in [1.82, 2.24) is 0 Å². The van der Waals surface area contributed by atoms with Crippen LogP contribution in [0, 0.1) is 0 Å². The van der Waals surface area contributed by atoms with Crippen LogP contribution < -0.4 is 4.74 Å². The van der Waals surface area contributed by atoms with Crippen LogP contribution in [0.5, 0.6) is 5.75 Å². The molecule has 1 N–H and O–H groups in total. The summed E-state index contributed by atoms with van der Waals surface area (Å²) in [6.07, 6.45) is 0. The fourth-order valence-electron chi connectivity index (χ4n) is 1.05. The minimum Gasteiger partial charge on any atom is -0.493 e. The van der Waals surface area contributed by atoms with Crippen LogP contribution in [0.4, 0.5) is 0 Å². The number of rotatable bonds is 3. The second kappa shape index (κ2) is 3.90. The summed E-state index contributed by atoms with van der Waals surface area (Å²) in [6, 6.07) is 7.44. The lowest BCUT2D eigenvalue weighted by atomic mass is 10.1. The molecule has 1 rings (SSSR count). The van der Waals surface area contributed by atoms with Gasteiger partial charge in [-0.1, -0.05) is 12.1 Å². The molecular weight excluding hydrogens is 152 g/mol. The van der Waals surface area contributed by atoms with Crippen molar-refractivity contribution in [2.75, 3.05) is 6.61 Å². The van der Waals surface area contributed by atoms with Crippen molar-refractivity contribution in [3.8, 4) is 5.75 Å². The standard InChI is InChI=1S/C10H12O2/c1-3-12-10-7-5-4-6-9(10)8(2)11/h4-7H,3H2,1-2H3/p+1. The average molecular weight is 165 g/mol. The fraction of sp³-hybridized carbons (Fsp3) is 0.300. The van der Waals surface area contributed by atoms with Crippen LogP contribution >= 0.6 is 0 Å². The zero-order valence-electron chi connectivity index (χ0n) is 7.37. The van der Waals surface area contributed by atoms with Crippen molar-refractivity contribution in [3.05, 3.63) is 29.8 Å². The molecule has 1 aromatic rings. The van der Waals surface area contributed by atoms with E-state index >= 15 is 0 Å². The molecule has 0 atom stereocenters. The van der Waals surface area contributed by atoms with Gasteiger partial charge in [0.2, 0.25) is 0 Å². The molecule has 0 fully saturated rings. The normalized spacial score (nSPS) is 9.50. The number of hydrogen-bond acceptors (Lipinski definition) is 1. The zero-order valence-corrected chi connectivity index (χ0v) is 7.37. The summed E-state index contributed by atoms with van der Waals surface area (Å²) in [5.74, 6) is 1.03. The smallest absolute Gasteiger partial charge is 0.324 e. The van der Waals surface area contributed by atoms with Crippen molar-refractivity contribution in [2.45, 2.75) is 13.8 Å². The zero-order chi connectivity index (χ0) is 8.97. The topological polar surface area (TPSA) is 30.6 Å². The molecule has 0 bridgehead atoms. The number of benzene rings is 1. The van der Waals surface area contributed by atoms with Crippen LogP contribution in [0.1, 0.15) is 19.4 Å². The lowest BCUT2D eigenvalue weighted by Gasteiger charge is -2.03. The first-order chi connectivity index (χ1) is 5.75. The summed E-state index contributed by atoms with van der Waals surface area (Å²) in [5.41, 5.74) is 0.763. The minimum atomic E-state index is 0.291. The van der Waals surface area contributed by atoms with Gasteiger partial charge in [0.25, 0.3) is 0 Å². The number of ether oxygens (including phenoxy) is 1. The van der Waals surface area contributed by atoms with Crippen molar-refractivity contribution in [3.63, 3.8) is 0 Å². The van der Waals surface area contributed by atoms with Gasteiger partial charge in [-0.15, -0.1) is 0 Å². The number of para-hydroxylation sites is 1. The van der Waals surface area contributed by atoms with Crippen molar-refractivity contribution in [1.29, 1.82) is 0 Å². The average Bonchev–Trinajstić information content (AvgIpc) is 2.05. The van der Waals surface area contributed by atoms with Gasteiger partial charge >= 0.3 is 5.78 Å². The maximum atomic E-state index is 9.27. The van der Waals surface area contributed by atoms with E-state index in [9.17, 15) is 4.79 Å². The van der Waals surface area contributed by atoms with E-state index in [1.807, 2.05) is 31.2 Å². The summed E-state index contributed by atoms with van der Waals surface area (Å²) in [4.78, 5) is 9.27. The van der Waals surface area contributed by atoms with Gasteiger partial charge in [-0.05, 0) is 19.1 Å². The number of hydrogen-bond donors (Lipinski definition) is 0. The lowest BCUT2D eigenvalue weighted by molar-refractivity contribution is 0.339. The molecule has 0 spiro atoms. The van der Waals surface area contributed by atoms with Gasteiger partial charge in [0.1, 0.15) is 11.3 Å². The van der Waals surface area contributed by atoms with E-state index in [0.29, 0.717) is 12.4 Å². The monoisotopic (exact) mass is 165 g/mol. The fourth-order valence-corrected chi connectivity index (χ4v) is 1.05. The summed E-state index contributed by atoms with van der Waals surface area (Å²) in [7, 11) is 0. The molecule has 0 aromatic heterocycles. The predicted octanol–water partition coefficient (Wildman–Crippen LogP) is 2.00. The molecule has 2 heteroatoms.